The molecule has 0 fully saturated rings. The van der Waals surface area contributed by atoms with Crippen LogP contribution in [0.2, 0.25) is 0 Å². The Labute approximate surface area is 390 Å². The molecule has 0 aliphatic carbocycles. The summed E-state index contributed by atoms with van der Waals surface area (Å²) in [6.45, 7) is 3.87. The van der Waals surface area contributed by atoms with Gasteiger partial charge in [-0.3, -0.25) is 14.2 Å². The van der Waals surface area contributed by atoms with Gasteiger partial charge in [0.05, 0.1) is 27.7 Å². The number of unbranched alkanes of at least 4 members (excludes halogenated alkanes) is 5. The lowest BCUT2D eigenvalue weighted by molar-refractivity contribution is -0.870. The molecule has 0 spiro atoms. The van der Waals surface area contributed by atoms with Crippen LogP contribution < -0.4 is 4.89 Å². The van der Waals surface area contributed by atoms with E-state index in [2.05, 4.69) is 148 Å². The fourth-order valence-electron chi connectivity index (χ4n) is 5.51. The molecule has 0 rings (SSSR count). The molecule has 0 saturated carbocycles. The average Bonchev–Trinajstić information content (AvgIpc) is 3.25. The van der Waals surface area contributed by atoms with E-state index >= 15 is 0 Å². The van der Waals surface area contributed by atoms with Gasteiger partial charge in [0.1, 0.15) is 19.8 Å². The van der Waals surface area contributed by atoms with Gasteiger partial charge in [-0.15, -0.1) is 0 Å². The van der Waals surface area contributed by atoms with Crippen molar-refractivity contribution in [2.75, 3.05) is 47.5 Å². The minimum Gasteiger partial charge on any atom is -0.756 e. The maximum Gasteiger partial charge on any atom is 0.306 e. The molecule has 10 heteroatoms. The van der Waals surface area contributed by atoms with Gasteiger partial charge in [-0.25, -0.2) is 0 Å². The van der Waals surface area contributed by atoms with Crippen molar-refractivity contribution >= 4 is 19.8 Å². The lowest BCUT2D eigenvalue weighted by Gasteiger charge is -2.28. The largest absolute Gasteiger partial charge is 0.756 e. The van der Waals surface area contributed by atoms with Gasteiger partial charge in [-0.2, -0.15) is 0 Å². The zero-order valence-electron chi connectivity index (χ0n) is 40.4. The van der Waals surface area contributed by atoms with Gasteiger partial charge in [0.25, 0.3) is 7.82 Å². The van der Waals surface area contributed by atoms with Crippen LogP contribution in [0.5, 0.6) is 0 Å². The molecule has 0 amide bonds. The number of carbonyl (C=O) groups excluding carboxylic acids is 2. The molecule has 360 valence electrons. The van der Waals surface area contributed by atoms with Crippen molar-refractivity contribution in [3.63, 3.8) is 0 Å². The van der Waals surface area contributed by atoms with E-state index in [4.69, 9.17) is 18.5 Å². The van der Waals surface area contributed by atoms with Crippen LogP contribution in [-0.2, 0) is 32.7 Å². The van der Waals surface area contributed by atoms with Crippen LogP contribution in [0, 0.1) is 0 Å². The maximum atomic E-state index is 12.7. The second-order valence-electron chi connectivity index (χ2n) is 16.4. The lowest BCUT2D eigenvalue weighted by atomic mass is 10.1. The smallest absolute Gasteiger partial charge is 0.306 e. The topological polar surface area (TPSA) is 111 Å². The lowest BCUT2D eigenvalue weighted by Crippen LogP contribution is -2.37. The van der Waals surface area contributed by atoms with Gasteiger partial charge < -0.3 is 27.9 Å². The Hall–Kier alpha value is -3.85. The Morgan fingerprint density at radius 3 is 1.25 bits per heavy atom. The van der Waals surface area contributed by atoms with E-state index in [9.17, 15) is 19.0 Å². The van der Waals surface area contributed by atoms with Crippen molar-refractivity contribution in [1.82, 2.24) is 0 Å². The molecule has 2 unspecified atom stereocenters. The number of hydrogen-bond acceptors (Lipinski definition) is 8. The van der Waals surface area contributed by atoms with Gasteiger partial charge in [0, 0.05) is 12.8 Å². The highest BCUT2D eigenvalue weighted by Crippen LogP contribution is 2.38. The number of hydrogen-bond donors (Lipinski definition) is 0. The summed E-state index contributed by atoms with van der Waals surface area (Å²) >= 11 is 0. The zero-order chi connectivity index (χ0) is 47.1. The number of rotatable bonds is 41. The molecule has 2 atom stereocenters. The fourth-order valence-corrected chi connectivity index (χ4v) is 6.23. The first kappa shape index (κ1) is 60.2. The molecule has 0 radical (unpaired) electrons. The summed E-state index contributed by atoms with van der Waals surface area (Å²) in [6, 6.07) is 0. The number of ether oxygens (including phenoxy) is 2. The molecular weight excluding hydrogens is 822 g/mol. The second-order valence-corrected chi connectivity index (χ2v) is 17.8. The number of phosphoric acid groups is 1. The average molecular weight is 908 g/mol. The molecule has 0 aromatic heterocycles. The van der Waals surface area contributed by atoms with E-state index in [1.807, 2.05) is 21.1 Å². The van der Waals surface area contributed by atoms with Gasteiger partial charge in [0.15, 0.2) is 6.10 Å². The van der Waals surface area contributed by atoms with Crippen molar-refractivity contribution in [2.24, 2.45) is 0 Å². The van der Waals surface area contributed by atoms with E-state index in [1.54, 1.807) is 0 Å². The molecule has 0 aromatic carbocycles. The molecule has 0 heterocycles. The first-order valence-electron chi connectivity index (χ1n) is 23.9. The zero-order valence-corrected chi connectivity index (χ0v) is 41.3. The maximum absolute atomic E-state index is 12.7. The van der Waals surface area contributed by atoms with Crippen molar-refractivity contribution in [1.29, 1.82) is 0 Å². The summed E-state index contributed by atoms with van der Waals surface area (Å²) in [6.07, 6.45) is 63.4. The van der Waals surface area contributed by atoms with E-state index in [0.717, 1.165) is 103 Å². The van der Waals surface area contributed by atoms with E-state index in [0.29, 0.717) is 23.9 Å². The first-order valence-corrected chi connectivity index (χ1v) is 25.4. The third-order valence-corrected chi connectivity index (χ3v) is 10.1. The van der Waals surface area contributed by atoms with E-state index in [-0.39, 0.29) is 26.1 Å². The predicted molar refractivity (Wildman–Crippen MR) is 267 cm³/mol. The fraction of sp³-hybridized carbons (Fsp3) is 0.556. The van der Waals surface area contributed by atoms with Crippen LogP contribution in [0.1, 0.15) is 142 Å². The third kappa shape index (κ3) is 47.6. The SMILES string of the molecule is CC/C=C\C/C=C\C/C=C\C/C=C\C/C=C\C/C=C\CCCCC(=O)OC(COC(=O)CCCCC/C=C\C/C=C\C/C=C\C/C=C\C/C=C\CC)COP(=O)([O-])OCC[N+](C)(C)C. The monoisotopic (exact) mass is 908 g/mol. The number of likely N-dealkylation sites (N-methyl/N-ethyl adjacent to an activating group) is 1. The number of carbonyl (C=O) groups is 2. The van der Waals surface area contributed by atoms with Crippen LogP contribution in [0.15, 0.2) is 134 Å². The van der Waals surface area contributed by atoms with Gasteiger partial charge in [0.2, 0.25) is 0 Å². The highest BCUT2D eigenvalue weighted by atomic mass is 31.2. The molecule has 0 aliphatic heterocycles. The molecule has 0 saturated heterocycles. The standard InChI is InChI=1S/C54H86NO8P/c1-6-8-10-12-14-16-18-20-22-24-26-27-29-31-33-35-37-39-41-43-45-47-54(57)63-52(51-62-64(58,59)61-49-48-55(3,4)5)50-60-53(56)46-44-42-40-38-36-34-32-30-28-25-23-21-19-17-15-13-11-9-7-2/h8-11,14-17,20-23,26-28,30-31,33-34,36-37,39,52H,6-7,12-13,18-19,24-25,29,32,35,38,40-51H2,1-5H3/b10-8-,11-9-,16-14-,17-15-,22-20-,23-21-,27-26-,30-28-,33-31-,36-34-,39-37-. The Balaban J connectivity index is 4.50. The summed E-state index contributed by atoms with van der Waals surface area (Å²) in [4.78, 5) is 37.7. The summed E-state index contributed by atoms with van der Waals surface area (Å²) in [7, 11) is 1.09. The number of nitrogens with zero attached hydrogens (tertiary/aromatic N) is 1. The summed E-state index contributed by atoms with van der Waals surface area (Å²) < 4.78 is 33.9. The minimum absolute atomic E-state index is 0.0540. The van der Waals surface area contributed by atoms with Gasteiger partial charge in [-0.05, 0) is 109 Å². The Bertz CT molecular complexity index is 1540. The number of quaternary nitrogens is 1. The minimum atomic E-state index is -4.66. The molecule has 9 nitrogen and oxygen atoms in total. The highest BCUT2D eigenvalue weighted by molar-refractivity contribution is 7.45. The highest BCUT2D eigenvalue weighted by Gasteiger charge is 2.21. The summed E-state index contributed by atoms with van der Waals surface area (Å²) in [5, 5.41) is 0. The van der Waals surface area contributed by atoms with Crippen molar-refractivity contribution in [3.05, 3.63) is 134 Å². The molecule has 0 bridgehead atoms. The van der Waals surface area contributed by atoms with Crippen LogP contribution in [0.3, 0.4) is 0 Å². The third-order valence-electron chi connectivity index (χ3n) is 9.17. The van der Waals surface area contributed by atoms with Crippen molar-refractivity contribution < 1.29 is 42.1 Å². The number of phosphoric ester groups is 1. The Kier molecular flexibility index (Phi) is 41.7. The van der Waals surface area contributed by atoms with Crippen LogP contribution in [0.4, 0.5) is 0 Å². The first-order chi connectivity index (χ1) is 31.0. The molecule has 0 aromatic rings. The molecule has 64 heavy (non-hydrogen) atoms. The second kappa shape index (κ2) is 44.4. The summed E-state index contributed by atoms with van der Waals surface area (Å²) in [5.74, 6) is -0.939. The predicted octanol–water partition coefficient (Wildman–Crippen LogP) is 13.6. The quantitative estimate of drug-likeness (QED) is 0.0196. The van der Waals surface area contributed by atoms with Gasteiger partial charge >= 0.3 is 11.9 Å². The van der Waals surface area contributed by atoms with Crippen LogP contribution >= 0.6 is 7.82 Å². The van der Waals surface area contributed by atoms with Crippen LogP contribution in [-0.4, -0.2) is 70.0 Å². The van der Waals surface area contributed by atoms with Crippen molar-refractivity contribution in [2.45, 2.75) is 148 Å². The number of esters is 2. The number of allylic oxidation sites excluding steroid dienone is 22. The van der Waals surface area contributed by atoms with Crippen LogP contribution in [0.25, 0.3) is 0 Å². The Morgan fingerprint density at radius 1 is 0.484 bits per heavy atom. The van der Waals surface area contributed by atoms with E-state index < -0.39 is 32.5 Å². The van der Waals surface area contributed by atoms with Crippen molar-refractivity contribution in [3.8, 4) is 0 Å². The van der Waals surface area contributed by atoms with Gasteiger partial charge in [-0.1, -0.05) is 154 Å². The Morgan fingerprint density at radius 2 is 0.844 bits per heavy atom. The summed E-state index contributed by atoms with van der Waals surface area (Å²) in [5.41, 5.74) is 0. The molecule has 0 aliphatic rings. The molecular formula is C54H86NO8P. The van der Waals surface area contributed by atoms with E-state index in [1.165, 1.54) is 0 Å². The molecule has 0 N–H and O–H groups in total. The normalized spacial score (nSPS) is 14.7.